The number of esters is 10. The van der Waals surface area contributed by atoms with E-state index < -0.39 is 58.4 Å². The van der Waals surface area contributed by atoms with Gasteiger partial charge in [0.2, 0.25) is 0 Å². The van der Waals surface area contributed by atoms with Crippen LogP contribution < -0.4 is 0 Å². The van der Waals surface area contributed by atoms with E-state index in [2.05, 4.69) is 40.7 Å². The maximum atomic E-state index is 12.6. The van der Waals surface area contributed by atoms with Gasteiger partial charge in [0, 0.05) is 40.9 Å². The van der Waals surface area contributed by atoms with Gasteiger partial charge in [-0.15, -0.1) is 0 Å². The third kappa shape index (κ3) is 18.2. The number of hydrogen-bond donors (Lipinski definition) is 0. The molecule has 0 amide bonds. The van der Waals surface area contributed by atoms with Gasteiger partial charge >= 0.3 is 59.7 Å². The molecule has 21 heteroatoms. The summed E-state index contributed by atoms with van der Waals surface area (Å²) in [5.74, 6) is 1.67. The Morgan fingerprint density at radius 3 is 1.15 bits per heavy atom. The van der Waals surface area contributed by atoms with Crippen LogP contribution in [0.25, 0.3) is 0 Å². The molecule has 10 bridgehead atoms. The number of hydrogen-bond acceptors (Lipinski definition) is 21. The Bertz CT molecular complexity index is 3290. The Kier molecular flexibility index (Phi) is 27.1. The molecule has 12 aliphatic carbocycles. The van der Waals surface area contributed by atoms with Crippen LogP contribution in [0.1, 0.15) is 332 Å². The quantitative estimate of drug-likeness (QED) is 0.0678. The van der Waals surface area contributed by atoms with Crippen LogP contribution >= 0.6 is 0 Å². The molecule has 15 aliphatic rings. The van der Waals surface area contributed by atoms with E-state index in [1.54, 1.807) is 13.8 Å². The van der Waals surface area contributed by atoms with Crippen LogP contribution in [0.15, 0.2) is 0 Å². The number of nitrogens with zero attached hydrogens (tertiary/aromatic N) is 1. The van der Waals surface area contributed by atoms with Gasteiger partial charge in [-0.1, -0.05) is 55.4 Å². The van der Waals surface area contributed by atoms with Crippen LogP contribution in [0.2, 0.25) is 0 Å². The van der Waals surface area contributed by atoms with Crippen molar-refractivity contribution in [3.8, 4) is 6.07 Å². The molecular weight excluding hydrogens is 1410 g/mol. The average molecular weight is 1560 g/mol. The summed E-state index contributed by atoms with van der Waals surface area (Å²) in [6, 6.07) is 2.10. The first-order valence-corrected chi connectivity index (χ1v) is 43.2. The summed E-state index contributed by atoms with van der Waals surface area (Å²) in [5, 5.41) is 9.33. The van der Waals surface area contributed by atoms with E-state index in [4.69, 9.17) is 47.4 Å². The Balaban J connectivity index is 0.000000154. The van der Waals surface area contributed by atoms with Gasteiger partial charge in [-0.2, -0.15) is 5.26 Å². The zero-order chi connectivity index (χ0) is 82.4. The molecule has 0 aromatic heterocycles. The number of rotatable bonds is 23. The highest BCUT2D eigenvalue weighted by Gasteiger charge is 2.73. The zero-order valence-corrected chi connectivity index (χ0v) is 71.9. The number of fused-ring (bicyclic) bond motifs is 3. The second kappa shape index (κ2) is 33.8. The molecule has 111 heavy (non-hydrogen) atoms. The minimum absolute atomic E-state index is 0.00857. The SMILES string of the molecule is CCC(C)(C)C(=O)OC(C)(C)C12CC3CC(CC(C3)C1)C2.CCC(C)(C)C(=O)OC1C2CC3C(=O)OC1C3C2.CCC(C)(C)C(=O)OC1C2CC3C(=O)OC1C3C2.CCC(C)(C)C(=O)OCC(=O)OC1C2CC3C1OC(=O)C3(C#N)C2.CCC1(OC(=O)C(C)(C)CC)CCCC1.CCC1(OC(=O)C(C)(C)CC)CCCC1. The van der Waals surface area contributed by atoms with Gasteiger partial charge in [0.25, 0.3) is 0 Å². The Labute approximate surface area is 663 Å². The van der Waals surface area contributed by atoms with Crippen LogP contribution in [-0.4, -0.2) is 120 Å². The highest BCUT2D eigenvalue weighted by molar-refractivity contribution is 5.85. The molecule has 0 N–H and O–H groups in total. The van der Waals surface area contributed by atoms with Gasteiger partial charge in [0.15, 0.2) is 12.0 Å². The molecule has 15 rings (SSSR count). The lowest BCUT2D eigenvalue weighted by Gasteiger charge is -2.61. The van der Waals surface area contributed by atoms with E-state index in [0.29, 0.717) is 42.9 Å². The lowest BCUT2D eigenvalue weighted by Crippen LogP contribution is -2.58. The van der Waals surface area contributed by atoms with Gasteiger partial charge in [-0.05, 0) is 294 Å². The van der Waals surface area contributed by atoms with Gasteiger partial charge in [0.1, 0.15) is 53.4 Å². The Hall–Kier alpha value is -5.81. The molecule has 626 valence electrons. The highest BCUT2D eigenvalue weighted by atomic mass is 16.6. The number of nitriles is 1. The molecule has 0 aromatic rings. The van der Waals surface area contributed by atoms with Gasteiger partial charge in [0.05, 0.1) is 50.4 Å². The van der Waals surface area contributed by atoms with Gasteiger partial charge in [-0.25, -0.2) is 4.79 Å². The maximum absolute atomic E-state index is 12.6. The number of carbonyl (C=O) groups excluding carboxylic acids is 10. The van der Waals surface area contributed by atoms with E-state index >= 15 is 0 Å². The second-order valence-electron chi connectivity index (χ2n) is 40.6. The lowest BCUT2D eigenvalue weighted by atomic mass is 9.46. The van der Waals surface area contributed by atoms with Crippen LogP contribution in [0.5, 0.6) is 0 Å². The van der Waals surface area contributed by atoms with Crippen LogP contribution in [0.4, 0.5) is 0 Å². The first-order valence-electron chi connectivity index (χ1n) is 43.2. The molecule has 15 fully saturated rings. The molecule has 0 radical (unpaired) electrons. The molecule has 3 saturated heterocycles. The summed E-state index contributed by atoms with van der Waals surface area (Å²) in [7, 11) is 0. The predicted octanol–water partition coefficient (Wildman–Crippen LogP) is 17.5. The third-order valence-electron chi connectivity index (χ3n) is 30.9. The predicted molar refractivity (Wildman–Crippen MR) is 414 cm³/mol. The highest BCUT2D eigenvalue weighted by Crippen LogP contribution is 2.66. The van der Waals surface area contributed by atoms with Crippen LogP contribution in [0, 0.1) is 120 Å². The Morgan fingerprint density at radius 1 is 0.423 bits per heavy atom. The zero-order valence-electron chi connectivity index (χ0n) is 71.9. The first kappa shape index (κ1) is 89.1. The summed E-state index contributed by atoms with van der Waals surface area (Å²) in [6.07, 6.45) is 26.5. The minimum Gasteiger partial charge on any atom is -0.459 e. The van der Waals surface area contributed by atoms with Crippen molar-refractivity contribution < 1.29 is 95.3 Å². The largest absolute Gasteiger partial charge is 0.459 e. The summed E-state index contributed by atoms with van der Waals surface area (Å²) in [6.45, 7) is 43.1. The lowest BCUT2D eigenvalue weighted by molar-refractivity contribution is -0.206. The molecular formula is C90H141NO20. The monoisotopic (exact) mass is 1560 g/mol. The second-order valence-corrected chi connectivity index (χ2v) is 40.6. The average Bonchev–Trinajstić information content (AvgIpc) is 1.62. The molecule has 0 spiro atoms. The molecule has 21 nitrogen and oxygen atoms in total. The minimum atomic E-state index is -1.06. The maximum Gasteiger partial charge on any atom is 0.344 e. The molecule has 15 atom stereocenters. The third-order valence-corrected chi connectivity index (χ3v) is 30.9. The number of ether oxygens (including phenoxy) is 10. The summed E-state index contributed by atoms with van der Waals surface area (Å²) >= 11 is 0. The van der Waals surface area contributed by atoms with Crippen molar-refractivity contribution in [2.45, 2.75) is 386 Å². The molecule has 3 heterocycles. The fourth-order valence-corrected chi connectivity index (χ4v) is 20.4. The molecule has 12 saturated carbocycles. The van der Waals surface area contributed by atoms with E-state index in [1.165, 1.54) is 64.2 Å². The van der Waals surface area contributed by atoms with Crippen molar-refractivity contribution >= 4 is 59.7 Å². The molecule has 3 aliphatic heterocycles. The van der Waals surface area contributed by atoms with Crippen molar-refractivity contribution in [3.05, 3.63) is 0 Å². The molecule has 15 unspecified atom stereocenters. The fourth-order valence-electron chi connectivity index (χ4n) is 20.4. The Morgan fingerprint density at radius 2 is 0.784 bits per heavy atom. The van der Waals surface area contributed by atoms with Crippen molar-refractivity contribution in [1.82, 2.24) is 0 Å². The molecule has 0 aromatic carbocycles. The van der Waals surface area contributed by atoms with E-state index in [-0.39, 0.29) is 128 Å². The first-order chi connectivity index (χ1) is 51.7. The smallest absolute Gasteiger partial charge is 0.344 e. The standard InChI is InChI=1S/C19H32O2.C17H21NO6.2C14H20O4.2C13H24O2/c1-6-17(2,3)16(20)21-18(4,5)19-10-13-7-14(11-19)9-15(8-13)12-19;1-4-16(2,3)14(20)22-7-11(19)23-12-9-5-10-13(12)24-15(21)17(10,6-9)8-18;2*1-4-14(2,3)13(16)18-10-7-5-8-9(6-7)12(15)17-11(8)10;2*1-5-12(3,4)11(14)15-13(6-2)9-7-8-10-13/h13-15H,6-12H2,1-5H3;9-10,12-13H,4-7H2,1-3H3;2*7-11H,4-6H2,1-3H3;2*5-10H2,1-4H3. The van der Waals surface area contributed by atoms with Gasteiger partial charge in [-0.3, -0.25) is 43.2 Å². The summed E-state index contributed by atoms with van der Waals surface area (Å²) in [5.41, 5.74) is -3.97. The van der Waals surface area contributed by atoms with E-state index in [0.717, 1.165) is 114 Å². The van der Waals surface area contributed by atoms with E-state index in [9.17, 15) is 53.2 Å². The topological polar surface area (TPSA) is 287 Å². The summed E-state index contributed by atoms with van der Waals surface area (Å²) in [4.78, 5) is 120. The van der Waals surface area contributed by atoms with Crippen LogP contribution in [-0.2, 0) is 95.3 Å². The van der Waals surface area contributed by atoms with Gasteiger partial charge < -0.3 is 47.4 Å². The fraction of sp³-hybridized carbons (Fsp3) is 0.878. The van der Waals surface area contributed by atoms with Crippen molar-refractivity contribution in [3.63, 3.8) is 0 Å². The van der Waals surface area contributed by atoms with Crippen LogP contribution in [0.3, 0.4) is 0 Å². The van der Waals surface area contributed by atoms with Crippen molar-refractivity contribution in [2.75, 3.05) is 6.61 Å². The summed E-state index contributed by atoms with van der Waals surface area (Å²) < 4.78 is 55.5. The van der Waals surface area contributed by atoms with Crippen molar-refractivity contribution in [2.24, 2.45) is 108 Å². The number of carbonyl (C=O) groups is 10. The van der Waals surface area contributed by atoms with E-state index in [1.807, 2.05) is 104 Å². The van der Waals surface area contributed by atoms with Crippen molar-refractivity contribution in [1.29, 1.82) is 5.26 Å². The normalized spacial score (nSPS) is 33.9.